The Morgan fingerprint density at radius 3 is 2.62 bits per heavy atom. The van der Waals surface area contributed by atoms with Crippen molar-refractivity contribution in [2.75, 3.05) is 18.0 Å². The number of piperazine rings is 1. The number of carbonyl (C=O) groups is 1. The number of carbonyl (C=O) groups excluding carboxylic acids is 1. The van der Waals surface area contributed by atoms with Crippen LogP contribution in [0.4, 0.5) is 18.9 Å². The molecule has 0 radical (unpaired) electrons. The zero-order valence-electron chi connectivity index (χ0n) is 11.9. The van der Waals surface area contributed by atoms with Crippen LogP contribution in [0.5, 0.6) is 0 Å². The molecule has 4 nitrogen and oxygen atoms in total. The van der Waals surface area contributed by atoms with Crippen molar-refractivity contribution in [3.8, 4) is 0 Å². The maximum atomic E-state index is 12.9. The van der Waals surface area contributed by atoms with Gasteiger partial charge in [-0.2, -0.15) is 13.2 Å². The first kappa shape index (κ1) is 15.6. The van der Waals surface area contributed by atoms with Gasteiger partial charge in [-0.15, -0.1) is 0 Å². The lowest BCUT2D eigenvalue weighted by atomic mass is 9.96. The van der Waals surface area contributed by atoms with E-state index in [9.17, 15) is 18.0 Å². The fourth-order valence-corrected chi connectivity index (χ4v) is 2.54. The molecule has 1 aliphatic heterocycles. The predicted molar refractivity (Wildman–Crippen MR) is 73.8 cm³/mol. The first-order valence-corrected chi connectivity index (χ1v) is 6.64. The summed E-state index contributed by atoms with van der Waals surface area (Å²) in [5, 5.41) is 2.75. The zero-order valence-corrected chi connectivity index (χ0v) is 11.9. The average Bonchev–Trinajstić information content (AvgIpc) is 2.40. The molecule has 0 atom stereocenters. The first-order chi connectivity index (χ1) is 9.67. The first-order valence-electron chi connectivity index (χ1n) is 6.64. The Morgan fingerprint density at radius 1 is 1.38 bits per heavy atom. The summed E-state index contributed by atoms with van der Waals surface area (Å²) in [6.07, 6.45) is -4.43. The van der Waals surface area contributed by atoms with E-state index < -0.39 is 17.3 Å². The number of halogens is 3. The van der Waals surface area contributed by atoms with Gasteiger partial charge in [-0.1, -0.05) is 0 Å². The third-order valence-electron chi connectivity index (χ3n) is 3.78. The Hall–Kier alpha value is -1.76. The van der Waals surface area contributed by atoms with Crippen molar-refractivity contribution >= 4 is 11.6 Å². The van der Waals surface area contributed by atoms with Crippen molar-refractivity contribution < 1.29 is 18.0 Å². The highest BCUT2D eigenvalue weighted by Gasteiger charge is 2.39. The van der Waals surface area contributed by atoms with Gasteiger partial charge in [0.2, 0.25) is 5.91 Å². The van der Waals surface area contributed by atoms with E-state index in [1.54, 1.807) is 18.7 Å². The van der Waals surface area contributed by atoms with Gasteiger partial charge in [0.25, 0.3) is 0 Å². The Balaban J connectivity index is 2.44. The lowest BCUT2D eigenvalue weighted by molar-refractivity contribution is -0.138. The number of alkyl halides is 3. The number of rotatable bonds is 2. The Morgan fingerprint density at radius 2 is 2.05 bits per heavy atom. The Kier molecular flexibility index (Phi) is 3.88. The summed E-state index contributed by atoms with van der Waals surface area (Å²) >= 11 is 0. The van der Waals surface area contributed by atoms with Crippen LogP contribution in [0.1, 0.15) is 25.0 Å². The molecule has 0 unspecified atom stereocenters. The number of benzene rings is 1. The molecule has 1 aliphatic rings. The molecular formula is C14H18F3N3O. The number of nitrogens with one attached hydrogen (secondary N) is 1. The molecule has 2 rings (SSSR count). The van der Waals surface area contributed by atoms with Crippen molar-refractivity contribution in [3.63, 3.8) is 0 Å². The minimum atomic E-state index is -4.43. The van der Waals surface area contributed by atoms with Crippen LogP contribution in [-0.4, -0.2) is 24.5 Å². The van der Waals surface area contributed by atoms with Crippen LogP contribution in [0.15, 0.2) is 18.2 Å². The molecule has 1 aromatic rings. The summed E-state index contributed by atoms with van der Waals surface area (Å²) in [6.45, 7) is 4.26. The number of anilines is 1. The molecule has 3 N–H and O–H groups in total. The molecule has 0 aromatic heterocycles. The van der Waals surface area contributed by atoms with Crippen molar-refractivity contribution in [2.24, 2.45) is 5.73 Å². The minimum Gasteiger partial charge on any atom is -0.356 e. The van der Waals surface area contributed by atoms with E-state index in [1.807, 2.05) is 0 Å². The molecule has 7 heteroatoms. The Bertz CT molecular complexity index is 555. The third-order valence-corrected chi connectivity index (χ3v) is 3.78. The topological polar surface area (TPSA) is 58.4 Å². The number of hydrogen-bond donors (Lipinski definition) is 2. The number of hydrogen-bond acceptors (Lipinski definition) is 3. The highest BCUT2D eigenvalue weighted by atomic mass is 19.4. The second-order valence-electron chi connectivity index (χ2n) is 5.51. The molecule has 116 valence electrons. The molecule has 1 heterocycles. The summed E-state index contributed by atoms with van der Waals surface area (Å²) in [7, 11) is 0. The zero-order chi connectivity index (χ0) is 15.8. The van der Waals surface area contributed by atoms with Gasteiger partial charge in [0, 0.05) is 25.3 Å². The molecule has 0 aliphatic carbocycles. The van der Waals surface area contributed by atoms with E-state index in [1.165, 1.54) is 12.1 Å². The van der Waals surface area contributed by atoms with Crippen LogP contribution in [0.25, 0.3) is 0 Å². The predicted octanol–water partition coefficient (Wildman–Crippen LogP) is 1.88. The highest BCUT2D eigenvalue weighted by Crippen LogP contribution is 2.35. The molecule has 1 amide bonds. The maximum absolute atomic E-state index is 12.9. The monoisotopic (exact) mass is 301 g/mol. The lowest BCUT2D eigenvalue weighted by Gasteiger charge is -2.43. The van der Waals surface area contributed by atoms with Gasteiger partial charge in [0.1, 0.15) is 5.54 Å². The van der Waals surface area contributed by atoms with Crippen molar-refractivity contribution in [1.82, 2.24) is 5.32 Å². The quantitative estimate of drug-likeness (QED) is 0.877. The van der Waals surface area contributed by atoms with E-state index in [0.29, 0.717) is 18.8 Å². The second-order valence-corrected chi connectivity index (χ2v) is 5.51. The molecule has 0 bridgehead atoms. The van der Waals surface area contributed by atoms with Gasteiger partial charge in [-0.3, -0.25) is 4.79 Å². The SMILES string of the molecule is CC1(C)C(=O)NCCN1c1ccc(C(F)(F)F)c(CN)c1. The highest BCUT2D eigenvalue weighted by molar-refractivity contribution is 5.90. The molecule has 0 saturated carbocycles. The molecule has 1 fully saturated rings. The van der Waals surface area contributed by atoms with Crippen LogP contribution in [-0.2, 0) is 17.5 Å². The van der Waals surface area contributed by atoms with Gasteiger partial charge < -0.3 is 16.0 Å². The number of nitrogens with two attached hydrogens (primary N) is 1. The minimum absolute atomic E-state index is 0.0294. The van der Waals surface area contributed by atoms with E-state index in [-0.39, 0.29) is 18.0 Å². The summed E-state index contributed by atoms with van der Waals surface area (Å²) in [6, 6.07) is 3.84. The van der Waals surface area contributed by atoms with Gasteiger partial charge >= 0.3 is 6.18 Å². The fourth-order valence-electron chi connectivity index (χ4n) is 2.54. The molecular weight excluding hydrogens is 283 g/mol. The number of nitrogens with zero attached hydrogens (tertiary/aromatic N) is 1. The molecule has 1 aromatic carbocycles. The largest absolute Gasteiger partial charge is 0.416 e. The van der Waals surface area contributed by atoms with Crippen LogP contribution in [0.2, 0.25) is 0 Å². The van der Waals surface area contributed by atoms with Crippen LogP contribution in [0, 0.1) is 0 Å². The van der Waals surface area contributed by atoms with Gasteiger partial charge in [0.05, 0.1) is 5.56 Å². The van der Waals surface area contributed by atoms with Crippen molar-refractivity contribution in [3.05, 3.63) is 29.3 Å². The molecule has 0 spiro atoms. The molecule has 1 saturated heterocycles. The van der Waals surface area contributed by atoms with Crippen LogP contribution in [0.3, 0.4) is 0 Å². The smallest absolute Gasteiger partial charge is 0.356 e. The van der Waals surface area contributed by atoms with Crippen LogP contribution < -0.4 is 16.0 Å². The van der Waals surface area contributed by atoms with Gasteiger partial charge in [-0.05, 0) is 37.6 Å². The summed E-state index contributed by atoms with van der Waals surface area (Å²) in [4.78, 5) is 13.7. The lowest BCUT2D eigenvalue weighted by Crippen LogP contribution is -2.62. The third kappa shape index (κ3) is 2.83. The average molecular weight is 301 g/mol. The summed E-state index contributed by atoms with van der Waals surface area (Å²) < 4.78 is 38.7. The van der Waals surface area contributed by atoms with Crippen LogP contribution >= 0.6 is 0 Å². The van der Waals surface area contributed by atoms with E-state index >= 15 is 0 Å². The van der Waals surface area contributed by atoms with Gasteiger partial charge in [0.15, 0.2) is 0 Å². The second kappa shape index (κ2) is 5.22. The summed E-state index contributed by atoms with van der Waals surface area (Å²) in [5.74, 6) is -0.150. The van der Waals surface area contributed by atoms with E-state index in [2.05, 4.69) is 5.32 Å². The Labute approximate surface area is 121 Å². The maximum Gasteiger partial charge on any atom is 0.416 e. The fraction of sp³-hybridized carbons (Fsp3) is 0.500. The van der Waals surface area contributed by atoms with Crippen molar-refractivity contribution in [2.45, 2.75) is 32.1 Å². The summed E-state index contributed by atoms with van der Waals surface area (Å²) in [5.41, 5.74) is 4.50. The van der Waals surface area contributed by atoms with Gasteiger partial charge in [-0.25, -0.2) is 0 Å². The number of amides is 1. The standard InChI is InChI=1S/C14H18F3N3O/c1-13(2)12(21)19-5-6-20(13)10-3-4-11(14(15,16)17)9(7-10)8-18/h3-4,7H,5-6,8,18H2,1-2H3,(H,19,21). The van der Waals surface area contributed by atoms with E-state index in [0.717, 1.165) is 6.07 Å². The van der Waals surface area contributed by atoms with Crippen molar-refractivity contribution in [1.29, 1.82) is 0 Å². The molecule has 21 heavy (non-hydrogen) atoms. The van der Waals surface area contributed by atoms with E-state index in [4.69, 9.17) is 5.73 Å². The normalized spacial score (nSPS) is 18.6.